The van der Waals surface area contributed by atoms with E-state index in [1.807, 2.05) is 0 Å². The molecule has 0 saturated heterocycles. The van der Waals surface area contributed by atoms with E-state index >= 15 is 0 Å². The lowest BCUT2D eigenvalue weighted by molar-refractivity contribution is -0.136. The molecule has 1 aromatic heterocycles. The molecule has 6 nitrogen and oxygen atoms in total. The van der Waals surface area contributed by atoms with Crippen molar-refractivity contribution in [2.45, 2.75) is 6.42 Å². The third-order valence-electron chi connectivity index (χ3n) is 1.43. The Morgan fingerprint density at radius 2 is 2.46 bits per heavy atom. The van der Waals surface area contributed by atoms with Crippen molar-refractivity contribution < 1.29 is 9.90 Å². The van der Waals surface area contributed by atoms with Gasteiger partial charge in [0.25, 0.3) is 0 Å². The molecule has 13 heavy (non-hydrogen) atoms. The summed E-state index contributed by atoms with van der Waals surface area (Å²) in [6.45, 7) is 0.568. The first-order valence-electron chi connectivity index (χ1n) is 3.94. The van der Waals surface area contributed by atoms with Gasteiger partial charge in [0, 0.05) is 19.2 Å². The molecule has 1 heterocycles. The van der Waals surface area contributed by atoms with Crippen LogP contribution >= 0.6 is 0 Å². The van der Waals surface area contributed by atoms with Crippen molar-refractivity contribution >= 4 is 5.97 Å². The van der Waals surface area contributed by atoms with Crippen LogP contribution in [0.4, 0.5) is 0 Å². The highest BCUT2D eigenvalue weighted by atomic mass is 16.4. The minimum absolute atomic E-state index is 0.0828. The van der Waals surface area contributed by atoms with Crippen molar-refractivity contribution in [2.75, 3.05) is 13.1 Å². The molecule has 1 rings (SSSR count). The molecule has 0 amide bonds. The molecule has 0 unspecified atom stereocenters. The lowest BCUT2D eigenvalue weighted by Gasteiger charge is -2.02. The van der Waals surface area contributed by atoms with E-state index in [1.165, 1.54) is 0 Å². The van der Waals surface area contributed by atoms with Gasteiger partial charge >= 0.3 is 5.97 Å². The zero-order chi connectivity index (χ0) is 9.52. The summed E-state index contributed by atoms with van der Waals surface area (Å²) in [5, 5.41) is 8.28. The molecule has 0 fully saturated rings. The molecule has 0 aromatic carbocycles. The molecule has 4 N–H and O–H groups in total. The van der Waals surface area contributed by atoms with Crippen molar-refractivity contribution in [3.63, 3.8) is 0 Å². The van der Waals surface area contributed by atoms with Crippen molar-refractivity contribution in [1.29, 1.82) is 0 Å². The second-order valence-corrected chi connectivity index (χ2v) is 2.48. The summed E-state index contributed by atoms with van der Waals surface area (Å²) in [6.07, 6.45) is 4.18. The fourth-order valence-corrected chi connectivity index (χ4v) is 0.845. The van der Waals surface area contributed by atoms with Crippen LogP contribution in [0.15, 0.2) is 12.5 Å². The van der Waals surface area contributed by atoms with Gasteiger partial charge in [-0.25, -0.2) is 10.4 Å². The number of carbonyl (C=O) groups is 1. The van der Waals surface area contributed by atoms with Crippen molar-refractivity contribution in [3.05, 3.63) is 18.2 Å². The minimum Gasteiger partial charge on any atom is -0.480 e. The van der Waals surface area contributed by atoms with Gasteiger partial charge in [0.2, 0.25) is 0 Å². The number of H-pyrrole nitrogens is 1. The highest BCUT2D eigenvalue weighted by Gasteiger charge is 1.95. The molecule has 6 heteroatoms. The first-order valence-corrected chi connectivity index (χ1v) is 3.94. The molecule has 0 aliphatic carbocycles. The molecule has 0 radical (unpaired) electrons. The maximum atomic E-state index is 10.1. The first kappa shape index (κ1) is 9.69. The Morgan fingerprint density at radius 3 is 3.08 bits per heavy atom. The molecule has 0 atom stereocenters. The van der Waals surface area contributed by atoms with Gasteiger partial charge in [0.15, 0.2) is 0 Å². The number of aromatic amines is 1. The Bertz CT molecular complexity index is 247. The van der Waals surface area contributed by atoms with Gasteiger partial charge in [-0.15, -0.1) is 0 Å². The maximum Gasteiger partial charge on any atom is 0.318 e. The molecule has 1 aromatic rings. The minimum atomic E-state index is -0.882. The van der Waals surface area contributed by atoms with Gasteiger partial charge in [-0.1, -0.05) is 0 Å². The van der Waals surface area contributed by atoms with E-state index < -0.39 is 5.97 Å². The number of carboxylic acids is 1. The number of aromatic nitrogens is 2. The molecular weight excluding hydrogens is 172 g/mol. The van der Waals surface area contributed by atoms with Crippen molar-refractivity contribution in [2.24, 2.45) is 0 Å². The summed E-state index contributed by atoms with van der Waals surface area (Å²) in [5.41, 5.74) is 6.28. The van der Waals surface area contributed by atoms with Crippen LogP contribution in [0, 0.1) is 0 Å². The first-order chi connectivity index (χ1) is 6.29. The van der Waals surface area contributed by atoms with E-state index in [-0.39, 0.29) is 6.54 Å². The number of rotatable bonds is 6. The van der Waals surface area contributed by atoms with Gasteiger partial charge in [0.05, 0.1) is 12.0 Å². The van der Waals surface area contributed by atoms with Crippen molar-refractivity contribution in [3.8, 4) is 0 Å². The summed E-state index contributed by atoms with van der Waals surface area (Å²) in [4.78, 5) is 16.9. The average molecular weight is 184 g/mol. The van der Waals surface area contributed by atoms with Crippen LogP contribution in [-0.4, -0.2) is 34.1 Å². The Kier molecular flexibility index (Phi) is 3.94. The maximum absolute atomic E-state index is 10.1. The summed E-state index contributed by atoms with van der Waals surface area (Å²) < 4.78 is 0. The number of hydrogen-bond donors (Lipinski definition) is 4. The zero-order valence-corrected chi connectivity index (χ0v) is 7.08. The SMILES string of the molecule is O=C(O)CNNCCc1c[nH]cn1. The highest BCUT2D eigenvalue weighted by Crippen LogP contribution is 1.89. The lowest BCUT2D eigenvalue weighted by atomic mass is 10.3. The monoisotopic (exact) mass is 184 g/mol. The summed E-state index contributed by atoms with van der Waals surface area (Å²) in [5.74, 6) is -0.882. The number of nitrogens with zero attached hydrogens (tertiary/aromatic N) is 1. The second kappa shape index (κ2) is 5.28. The molecule has 0 aliphatic heterocycles. The molecular formula is C7H12N4O2. The molecule has 0 aliphatic rings. The fraction of sp³-hybridized carbons (Fsp3) is 0.429. The Balaban J connectivity index is 1.99. The topological polar surface area (TPSA) is 90.0 Å². The largest absolute Gasteiger partial charge is 0.480 e. The van der Waals surface area contributed by atoms with Crippen LogP contribution in [0.5, 0.6) is 0 Å². The Morgan fingerprint density at radius 1 is 1.62 bits per heavy atom. The van der Waals surface area contributed by atoms with Gasteiger partial charge in [0.1, 0.15) is 6.54 Å². The third-order valence-corrected chi connectivity index (χ3v) is 1.43. The summed E-state index contributed by atoms with van der Waals surface area (Å²) in [6, 6.07) is 0. The third kappa shape index (κ3) is 4.24. The van der Waals surface area contributed by atoms with Crippen LogP contribution in [0.25, 0.3) is 0 Å². The van der Waals surface area contributed by atoms with Crippen LogP contribution in [0.3, 0.4) is 0 Å². The van der Waals surface area contributed by atoms with Gasteiger partial charge in [-0.05, 0) is 0 Å². The normalized spacial score (nSPS) is 10.2. The second-order valence-electron chi connectivity index (χ2n) is 2.48. The molecule has 0 saturated carbocycles. The average Bonchev–Trinajstić information content (AvgIpc) is 2.55. The highest BCUT2D eigenvalue weighted by molar-refractivity contribution is 5.68. The number of aliphatic carboxylic acids is 1. The number of hydrogen-bond acceptors (Lipinski definition) is 4. The van der Waals surface area contributed by atoms with E-state index in [0.29, 0.717) is 6.54 Å². The number of imidazole rings is 1. The van der Waals surface area contributed by atoms with Crippen LogP contribution in [-0.2, 0) is 11.2 Å². The smallest absolute Gasteiger partial charge is 0.318 e. The number of nitrogens with one attached hydrogen (secondary N) is 3. The molecule has 72 valence electrons. The number of hydrazine groups is 1. The lowest BCUT2D eigenvalue weighted by Crippen LogP contribution is -2.37. The Labute approximate surface area is 75.3 Å². The van der Waals surface area contributed by atoms with E-state index in [0.717, 1.165) is 12.1 Å². The molecule has 0 spiro atoms. The predicted octanol–water partition coefficient (Wildman–Crippen LogP) is -0.869. The number of carboxylic acid groups (broad SMARTS) is 1. The van der Waals surface area contributed by atoms with Gasteiger partial charge in [-0.3, -0.25) is 10.2 Å². The van der Waals surface area contributed by atoms with Gasteiger partial charge < -0.3 is 10.1 Å². The van der Waals surface area contributed by atoms with Crippen LogP contribution in [0.2, 0.25) is 0 Å². The zero-order valence-electron chi connectivity index (χ0n) is 7.08. The van der Waals surface area contributed by atoms with Gasteiger partial charge in [-0.2, -0.15) is 0 Å². The molecule has 0 bridgehead atoms. The summed E-state index contributed by atoms with van der Waals surface area (Å²) >= 11 is 0. The van der Waals surface area contributed by atoms with E-state index in [2.05, 4.69) is 20.8 Å². The Hall–Kier alpha value is -1.40. The predicted molar refractivity (Wildman–Crippen MR) is 45.9 cm³/mol. The fourth-order valence-electron chi connectivity index (χ4n) is 0.845. The van der Waals surface area contributed by atoms with Crippen LogP contribution in [0.1, 0.15) is 5.69 Å². The standard InChI is InChI=1S/C7H12N4O2/c12-7(13)4-11-10-2-1-6-3-8-5-9-6/h3,5,10-11H,1-2,4H2,(H,8,9)(H,12,13). The van der Waals surface area contributed by atoms with Crippen molar-refractivity contribution in [1.82, 2.24) is 20.8 Å². The van der Waals surface area contributed by atoms with Crippen LogP contribution < -0.4 is 10.9 Å². The summed E-state index contributed by atoms with van der Waals surface area (Å²) in [7, 11) is 0. The quantitative estimate of drug-likeness (QED) is 0.341. The van der Waals surface area contributed by atoms with E-state index in [4.69, 9.17) is 5.11 Å². The van der Waals surface area contributed by atoms with E-state index in [9.17, 15) is 4.79 Å². The van der Waals surface area contributed by atoms with E-state index in [1.54, 1.807) is 12.5 Å².